The number of nitrogens with one attached hydrogen (secondary N) is 1. The summed E-state index contributed by atoms with van der Waals surface area (Å²) >= 11 is 0. The highest BCUT2D eigenvalue weighted by Crippen LogP contribution is 2.05. The van der Waals surface area contributed by atoms with Crippen LogP contribution in [0.15, 0.2) is 0 Å². The number of terminal acetylenes is 1. The Hall–Kier alpha value is -0.520. The van der Waals surface area contributed by atoms with E-state index in [-0.39, 0.29) is 0 Å². The second-order valence-corrected chi connectivity index (χ2v) is 5.59. The third kappa shape index (κ3) is 11.7. The predicted octanol–water partition coefficient (Wildman–Crippen LogP) is 2.60. The van der Waals surface area contributed by atoms with E-state index < -0.39 is 0 Å². The average molecular weight is 238 g/mol. The first kappa shape index (κ1) is 16.5. The van der Waals surface area contributed by atoms with Crippen molar-refractivity contribution in [1.82, 2.24) is 10.2 Å². The van der Waals surface area contributed by atoms with E-state index in [4.69, 9.17) is 6.42 Å². The number of hydrogen-bond donors (Lipinski definition) is 1. The molecule has 0 aromatic carbocycles. The molecule has 0 amide bonds. The fraction of sp³-hybridized carbons (Fsp3) is 0.867. The van der Waals surface area contributed by atoms with Gasteiger partial charge in [-0.3, -0.25) is 0 Å². The largest absolute Gasteiger partial charge is 0.305 e. The summed E-state index contributed by atoms with van der Waals surface area (Å²) in [6.45, 7) is 14.4. The van der Waals surface area contributed by atoms with Crippen LogP contribution in [-0.2, 0) is 0 Å². The maximum Gasteiger partial charge on any atom is 0.0574 e. The van der Waals surface area contributed by atoms with Gasteiger partial charge in [0.05, 0.1) is 6.54 Å². The molecule has 0 saturated heterocycles. The van der Waals surface area contributed by atoms with E-state index in [9.17, 15) is 0 Å². The SMILES string of the molecule is C#CCNCCN(CCC(C)C)CCC(C)C. The van der Waals surface area contributed by atoms with Crippen molar-refractivity contribution >= 4 is 0 Å². The molecule has 17 heavy (non-hydrogen) atoms. The van der Waals surface area contributed by atoms with Crippen molar-refractivity contribution in [3.63, 3.8) is 0 Å². The summed E-state index contributed by atoms with van der Waals surface area (Å²) in [5, 5.41) is 3.26. The Bertz CT molecular complexity index is 191. The van der Waals surface area contributed by atoms with Crippen LogP contribution in [-0.4, -0.2) is 37.6 Å². The lowest BCUT2D eigenvalue weighted by Gasteiger charge is -2.24. The van der Waals surface area contributed by atoms with Crippen molar-refractivity contribution in [2.75, 3.05) is 32.7 Å². The van der Waals surface area contributed by atoms with Crippen LogP contribution in [0.2, 0.25) is 0 Å². The van der Waals surface area contributed by atoms with Gasteiger partial charge in [-0.25, -0.2) is 0 Å². The van der Waals surface area contributed by atoms with Gasteiger partial charge in [-0.2, -0.15) is 0 Å². The van der Waals surface area contributed by atoms with Crippen LogP contribution in [0.1, 0.15) is 40.5 Å². The topological polar surface area (TPSA) is 15.3 Å². The first-order valence-corrected chi connectivity index (χ1v) is 6.92. The summed E-state index contributed by atoms with van der Waals surface area (Å²) in [5.41, 5.74) is 0. The standard InChI is InChI=1S/C15H30N2/c1-6-9-16-10-13-17(11-7-14(2)3)12-8-15(4)5/h1,14-16H,7-13H2,2-5H3. The highest BCUT2D eigenvalue weighted by molar-refractivity contribution is 4.86. The molecule has 0 saturated carbocycles. The second-order valence-electron chi connectivity index (χ2n) is 5.59. The van der Waals surface area contributed by atoms with Crippen LogP contribution in [0.25, 0.3) is 0 Å². The molecule has 0 spiro atoms. The molecule has 2 heteroatoms. The van der Waals surface area contributed by atoms with E-state index in [2.05, 4.69) is 43.8 Å². The number of rotatable bonds is 10. The molecule has 0 fully saturated rings. The molecule has 2 nitrogen and oxygen atoms in total. The molecular weight excluding hydrogens is 208 g/mol. The highest BCUT2D eigenvalue weighted by atomic mass is 15.1. The van der Waals surface area contributed by atoms with Gasteiger partial charge in [0, 0.05) is 13.1 Å². The van der Waals surface area contributed by atoms with Gasteiger partial charge in [-0.1, -0.05) is 33.6 Å². The quantitative estimate of drug-likeness (QED) is 0.465. The fourth-order valence-corrected chi connectivity index (χ4v) is 1.61. The molecule has 0 atom stereocenters. The van der Waals surface area contributed by atoms with Crippen LogP contribution in [0.4, 0.5) is 0 Å². The first-order chi connectivity index (χ1) is 8.06. The van der Waals surface area contributed by atoms with Gasteiger partial charge in [-0.05, 0) is 37.8 Å². The summed E-state index contributed by atoms with van der Waals surface area (Å²) < 4.78 is 0. The Kier molecular flexibility index (Phi) is 10.3. The van der Waals surface area contributed by atoms with E-state index in [0.717, 1.165) is 24.9 Å². The van der Waals surface area contributed by atoms with Gasteiger partial charge in [0.25, 0.3) is 0 Å². The molecule has 0 bridgehead atoms. The van der Waals surface area contributed by atoms with E-state index in [1.54, 1.807) is 0 Å². The number of hydrogen-bond acceptors (Lipinski definition) is 2. The van der Waals surface area contributed by atoms with Crippen molar-refractivity contribution in [2.45, 2.75) is 40.5 Å². The van der Waals surface area contributed by atoms with Gasteiger partial charge in [-0.15, -0.1) is 6.42 Å². The van der Waals surface area contributed by atoms with Crippen LogP contribution in [0, 0.1) is 24.2 Å². The normalized spacial score (nSPS) is 11.4. The smallest absolute Gasteiger partial charge is 0.0574 e. The molecule has 0 aromatic rings. The molecule has 0 aliphatic rings. The van der Waals surface area contributed by atoms with E-state index in [1.807, 2.05) is 0 Å². The maximum absolute atomic E-state index is 5.22. The Morgan fingerprint density at radius 2 is 1.53 bits per heavy atom. The van der Waals surface area contributed by atoms with Gasteiger partial charge in [0.1, 0.15) is 0 Å². The van der Waals surface area contributed by atoms with Crippen molar-refractivity contribution < 1.29 is 0 Å². The highest BCUT2D eigenvalue weighted by Gasteiger charge is 2.06. The van der Waals surface area contributed by atoms with Gasteiger partial charge < -0.3 is 10.2 Å². The summed E-state index contributed by atoms with van der Waals surface area (Å²) in [7, 11) is 0. The molecular formula is C15H30N2. The molecule has 1 N–H and O–H groups in total. The third-order valence-electron chi connectivity index (χ3n) is 2.88. The summed E-state index contributed by atoms with van der Waals surface area (Å²) in [6.07, 6.45) is 7.79. The van der Waals surface area contributed by atoms with Gasteiger partial charge >= 0.3 is 0 Å². The lowest BCUT2D eigenvalue weighted by atomic mass is 10.1. The van der Waals surface area contributed by atoms with Crippen molar-refractivity contribution in [1.29, 1.82) is 0 Å². The van der Waals surface area contributed by atoms with Crippen LogP contribution >= 0.6 is 0 Å². The summed E-state index contributed by atoms with van der Waals surface area (Å²) in [4.78, 5) is 2.56. The fourth-order valence-electron chi connectivity index (χ4n) is 1.61. The van der Waals surface area contributed by atoms with Crippen LogP contribution in [0.5, 0.6) is 0 Å². The minimum absolute atomic E-state index is 0.683. The Morgan fingerprint density at radius 3 is 1.94 bits per heavy atom. The maximum atomic E-state index is 5.22. The molecule has 0 rings (SSSR count). The minimum Gasteiger partial charge on any atom is -0.305 e. The zero-order chi connectivity index (χ0) is 13.1. The third-order valence-corrected chi connectivity index (χ3v) is 2.88. The summed E-state index contributed by atoms with van der Waals surface area (Å²) in [5.74, 6) is 4.19. The molecule has 0 unspecified atom stereocenters. The van der Waals surface area contributed by atoms with Crippen molar-refractivity contribution in [2.24, 2.45) is 11.8 Å². The van der Waals surface area contributed by atoms with Crippen LogP contribution < -0.4 is 5.32 Å². The second kappa shape index (κ2) is 10.6. The zero-order valence-electron chi connectivity index (χ0n) is 12.1. The molecule has 0 aliphatic heterocycles. The lowest BCUT2D eigenvalue weighted by Crippen LogP contribution is -2.34. The van der Waals surface area contributed by atoms with Gasteiger partial charge in [0.2, 0.25) is 0 Å². The minimum atomic E-state index is 0.683. The van der Waals surface area contributed by atoms with Crippen molar-refractivity contribution in [3.05, 3.63) is 0 Å². The summed E-state index contributed by atoms with van der Waals surface area (Å²) in [6, 6.07) is 0. The molecule has 0 aromatic heterocycles. The Morgan fingerprint density at radius 1 is 1.00 bits per heavy atom. The Labute approximate surface area is 108 Å². The predicted molar refractivity (Wildman–Crippen MR) is 77.1 cm³/mol. The monoisotopic (exact) mass is 238 g/mol. The molecule has 0 radical (unpaired) electrons. The van der Waals surface area contributed by atoms with E-state index in [0.29, 0.717) is 6.54 Å². The van der Waals surface area contributed by atoms with Gasteiger partial charge in [0.15, 0.2) is 0 Å². The zero-order valence-corrected chi connectivity index (χ0v) is 12.1. The van der Waals surface area contributed by atoms with E-state index >= 15 is 0 Å². The van der Waals surface area contributed by atoms with Crippen LogP contribution in [0.3, 0.4) is 0 Å². The Balaban J connectivity index is 3.80. The molecule has 0 heterocycles. The number of nitrogens with zero attached hydrogens (tertiary/aromatic N) is 1. The van der Waals surface area contributed by atoms with E-state index in [1.165, 1.54) is 25.9 Å². The molecule has 0 aliphatic carbocycles. The molecule has 100 valence electrons. The average Bonchev–Trinajstić information content (AvgIpc) is 2.26. The lowest BCUT2D eigenvalue weighted by molar-refractivity contribution is 0.244. The van der Waals surface area contributed by atoms with Crippen molar-refractivity contribution in [3.8, 4) is 12.3 Å². The first-order valence-electron chi connectivity index (χ1n) is 6.92.